The van der Waals surface area contributed by atoms with Crippen molar-refractivity contribution in [1.82, 2.24) is 4.98 Å². The van der Waals surface area contributed by atoms with Gasteiger partial charge in [0.1, 0.15) is 5.75 Å². The summed E-state index contributed by atoms with van der Waals surface area (Å²) in [5.41, 5.74) is -1.44. The van der Waals surface area contributed by atoms with Crippen LogP contribution in [0.5, 0.6) is 5.75 Å². The molecule has 0 saturated carbocycles. The van der Waals surface area contributed by atoms with Crippen LogP contribution in [0.4, 0.5) is 13.2 Å². The molecule has 0 unspecified atom stereocenters. The first-order valence-corrected chi connectivity index (χ1v) is 4.70. The lowest BCUT2D eigenvalue weighted by atomic mass is 10.1. The van der Waals surface area contributed by atoms with Gasteiger partial charge in [0.05, 0.1) is 18.1 Å². The molecule has 1 aromatic carbocycles. The molecule has 0 amide bonds. The summed E-state index contributed by atoms with van der Waals surface area (Å²) in [7, 11) is 1.38. The molecule has 0 aliphatic heterocycles. The summed E-state index contributed by atoms with van der Waals surface area (Å²) >= 11 is 0. The van der Waals surface area contributed by atoms with Gasteiger partial charge in [0.25, 0.3) is 5.56 Å². The zero-order valence-electron chi connectivity index (χ0n) is 8.76. The number of benzene rings is 1. The second kappa shape index (κ2) is 3.80. The van der Waals surface area contributed by atoms with Crippen molar-refractivity contribution < 1.29 is 17.9 Å². The molecule has 1 heterocycles. The summed E-state index contributed by atoms with van der Waals surface area (Å²) in [6, 6.07) is 3.90. The van der Waals surface area contributed by atoms with Gasteiger partial charge in [-0.25, -0.2) is 0 Å². The van der Waals surface area contributed by atoms with E-state index < -0.39 is 17.3 Å². The largest absolute Gasteiger partial charge is 0.497 e. The van der Waals surface area contributed by atoms with Crippen LogP contribution >= 0.6 is 0 Å². The minimum Gasteiger partial charge on any atom is -0.497 e. The first-order valence-electron chi connectivity index (χ1n) is 4.70. The minimum atomic E-state index is -4.50. The smallest absolute Gasteiger partial charge is 0.418 e. The van der Waals surface area contributed by atoms with Gasteiger partial charge in [-0.2, -0.15) is 13.2 Å². The maximum Gasteiger partial charge on any atom is 0.418 e. The number of rotatable bonds is 1. The van der Waals surface area contributed by atoms with Crippen molar-refractivity contribution in [3.63, 3.8) is 0 Å². The fourth-order valence-electron chi connectivity index (χ4n) is 1.60. The molecule has 0 aliphatic rings. The van der Waals surface area contributed by atoms with E-state index in [2.05, 4.69) is 4.98 Å². The van der Waals surface area contributed by atoms with E-state index in [-0.39, 0.29) is 10.8 Å². The Kier molecular flexibility index (Phi) is 2.57. The van der Waals surface area contributed by atoms with Gasteiger partial charge in [-0.1, -0.05) is 0 Å². The van der Waals surface area contributed by atoms with Crippen LogP contribution < -0.4 is 10.3 Å². The molecule has 17 heavy (non-hydrogen) atoms. The third-order valence-corrected chi connectivity index (χ3v) is 2.41. The molecule has 3 nitrogen and oxygen atoms in total. The summed E-state index contributed by atoms with van der Waals surface area (Å²) < 4.78 is 42.9. The van der Waals surface area contributed by atoms with Gasteiger partial charge in [-0.3, -0.25) is 4.79 Å². The predicted octanol–water partition coefficient (Wildman–Crippen LogP) is 2.56. The standard InChI is InChI=1S/C11H8F3NO2/c1-17-6-2-3-7-8(4-6)10(16)15-5-9(7)11(12,13)14/h2-5H,1H3,(H,15,16). The monoisotopic (exact) mass is 243 g/mol. The van der Waals surface area contributed by atoms with E-state index >= 15 is 0 Å². The molecule has 0 aliphatic carbocycles. The Morgan fingerprint density at radius 2 is 1.94 bits per heavy atom. The summed E-state index contributed by atoms with van der Waals surface area (Å²) in [5.74, 6) is 0.335. The summed E-state index contributed by atoms with van der Waals surface area (Å²) in [6.45, 7) is 0. The summed E-state index contributed by atoms with van der Waals surface area (Å²) in [4.78, 5) is 13.5. The molecule has 0 spiro atoms. The minimum absolute atomic E-state index is 0.0424. The van der Waals surface area contributed by atoms with Crippen LogP contribution in [0.1, 0.15) is 5.56 Å². The molecule has 0 saturated heterocycles. The van der Waals surface area contributed by atoms with E-state index in [1.807, 2.05) is 0 Å². The highest BCUT2D eigenvalue weighted by Crippen LogP contribution is 2.33. The van der Waals surface area contributed by atoms with Gasteiger partial charge in [-0.05, 0) is 18.2 Å². The number of ether oxygens (including phenoxy) is 1. The molecular formula is C11H8F3NO2. The summed E-state index contributed by atoms with van der Waals surface area (Å²) in [6.07, 6.45) is -3.83. The Morgan fingerprint density at radius 1 is 1.24 bits per heavy atom. The molecule has 1 aromatic heterocycles. The number of halogens is 3. The number of alkyl halides is 3. The van der Waals surface area contributed by atoms with E-state index in [9.17, 15) is 18.0 Å². The number of nitrogens with one attached hydrogen (secondary N) is 1. The van der Waals surface area contributed by atoms with Crippen LogP contribution in [-0.2, 0) is 6.18 Å². The van der Waals surface area contributed by atoms with Crippen LogP contribution in [0.3, 0.4) is 0 Å². The van der Waals surface area contributed by atoms with Gasteiger partial charge in [0, 0.05) is 11.6 Å². The molecule has 2 rings (SSSR count). The number of H-pyrrole nitrogens is 1. The maximum absolute atomic E-state index is 12.7. The van der Waals surface area contributed by atoms with Crippen molar-refractivity contribution in [3.8, 4) is 5.75 Å². The van der Waals surface area contributed by atoms with Crippen LogP contribution in [0.2, 0.25) is 0 Å². The topological polar surface area (TPSA) is 42.1 Å². The SMILES string of the molecule is COc1ccc2c(C(F)(F)F)c[nH]c(=O)c2c1. The fourth-order valence-corrected chi connectivity index (χ4v) is 1.60. The Bertz CT molecular complexity index is 616. The molecule has 0 fully saturated rings. The normalized spacial score (nSPS) is 11.8. The van der Waals surface area contributed by atoms with Crippen LogP contribution in [0, 0.1) is 0 Å². The number of hydrogen-bond acceptors (Lipinski definition) is 2. The van der Waals surface area contributed by atoms with Crippen LogP contribution in [0.15, 0.2) is 29.2 Å². The van der Waals surface area contributed by atoms with Gasteiger partial charge >= 0.3 is 6.18 Å². The van der Waals surface area contributed by atoms with Crippen molar-refractivity contribution in [2.75, 3.05) is 7.11 Å². The van der Waals surface area contributed by atoms with Gasteiger partial charge in [-0.15, -0.1) is 0 Å². The highest BCUT2D eigenvalue weighted by Gasteiger charge is 2.33. The van der Waals surface area contributed by atoms with E-state index in [4.69, 9.17) is 4.74 Å². The highest BCUT2D eigenvalue weighted by molar-refractivity contribution is 5.86. The first kappa shape index (κ1) is 11.5. The molecule has 2 aromatic rings. The van der Waals surface area contributed by atoms with Gasteiger partial charge < -0.3 is 9.72 Å². The number of methoxy groups -OCH3 is 1. The third kappa shape index (κ3) is 1.98. The van der Waals surface area contributed by atoms with Gasteiger partial charge in [0.2, 0.25) is 0 Å². The Morgan fingerprint density at radius 3 is 2.53 bits per heavy atom. The highest BCUT2D eigenvalue weighted by atomic mass is 19.4. The molecule has 90 valence electrons. The fraction of sp³-hybridized carbons (Fsp3) is 0.182. The second-order valence-electron chi connectivity index (χ2n) is 3.44. The number of aromatic nitrogens is 1. The average Bonchev–Trinajstić information content (AvgIpc) is 2.27. The van der Waals surface area contributed by atoms with E-state index in [1.54, 1.807) is 0 Å². The molecule has 0 atom stereocenters. The third-order valence-electron chi connectivity index (χ3n) is 2.41. The van der Waals surface area contributed by atoms with Gasteiger partial charge in [0.15, 0.2) is 0 Å². The number of fused-ring (bicyclic) bond motifs is 1. The lowest BCUT2D eigenvalue weighted by Crippen LogP contribution is -2.13. The van der Waals surface area contributed by atoms with Crippen molar-refractivity contribution in [2.45, 2.75) is 6.18 Å². The molecule has 6 heteroatoms. The average molecular weight is 243 g/mol. The quantitative estimate of drug-likeness (QED) is 0.836. The van der Waals surface area contributed by atoms with E-state index in [0.29, 0.717) is 11.9 Å². The lowest BCUT2D eigenvalue weighted by Gasteiger charge is -2.10. The number of aromatic amines is 1. The second-order valence-corrected chi connectivity index (χ2v) is 3.44. The molecule has 0 bridgehead atoms. The van der Waals surface area contributed by atoms with E-state index in [1.165, 1.54) is 25.3 Å². The molecular weight excluding hydrogens is 235 g/mol. The van der Waals surface area contributed by atoms with Crippen LogP contribution in [-0.4, -0.2) is 12.1 Å². The maximum atomic E-state index is 12.7. The van der Waals surface area contributed by atoms with Crippen molar-refractivity contribution >= 4 is 10.8 Å². The zero-order valence-corrected chi connectivity index (χ0v) is 8.76. The Hall–Kier alpha value is -1.98. The van der Waals surface area contributed by atoms with Crippen molar-refractivity contribution in [3.05, 3.63) is 40.3 Å². The zero-order chi connectivity index (χ0) is 12.6. The Balaban J connectivity index is 2.83. The van der Waals surface area contributed by atoms with Crippen molar-refractivity contribution in [1.29, 1.82) is 0 Å². The number of pyridine rings is 1. The van der Waals surface area contributed by atoms with Crippen molar-refractivity contribution in [2.24, 2.45) is 0 Å². The number of hydrogen-bond donors (Lipinski definition) is 1. The predicted molar refractivity (Wildman–Crippen MR) is 56.1 cm³/mol. The molecule has 1 N–H and O–H groups in total. The Labute approximate surface area is 93.8 Å². The summed E-state index contributed by atoms with van der Waals surface area (Å²) in [5, 5.41) is -0.179. The van der Waals surface area contributed by atoms with Crippen LogP contribution in [0.25, 0.3) is 10.8 Å². The molecule has 0 radical (unpaired) electrons. The van der Waals surface area contributed by atoms with E-state index in [0.717, 1.165) is 0 Å². The first-order chi connectivity index (χ1) is 7.93. The lowest BCUT2D eigenvalue weighted by molar-refractivity contribution is -0.136.